The summed E-state index contributed by atoms with van der Waals surface area (Å²) in [5.74, 6) is 1.21. The summed E-state index contributed by atoms with van der Waals surface area (Å²) >= 11 is 0. The van der Waals surface area contributed by atoms with Gasteiger partial charge in [-0.05, 0) is 33.6 Å². The molecular formula is C14H23F3N4O. The Morgan fingerprint density at radius 1 is 1.27 bits per heavy atom. The quantitative estimate of drug-likeness (QED) is 0.461. The van der Waals surface area contributed by atoms with Gasteiger partial charge in [0.15, 0.2) is 5.96 Å². The second-order valence-electron chi connectivity index (χ2n) is 4.96. The molecule has 0 bridgehead atoms. The summed E-state index contributed by atoms with van der Waals surface area (Å²) in [5.41, 5.74) is 1.95. The molecule has 5 nitrogen and oxygen atoms in total. The lowest BCUT2D eigenvalue weighted by atomic mass is 10.1. The van der Waals surface area contributed by atoms with Crippen LogP contribution in [0.4, 0.5) is 13.2 Å². The predicted octanol–water partition coefficient (Wildman–Crippen LogP) is 2.73. The third-order valence-electron chi connectivity index (χ3n) is 3.08. The molecule has 1 rings (SSSR count). The highest BCUT2D eigenvalue weighted by Crippen LogP contribution is 2.18. The van der Waals surface area contributed by atoms with Gasteiger partial charge in [0.05, 0.1) is 12.1 Å². The van der Waals surface area contributed by atoms with E-state index in [2.05, 4.69) is 20.8 Å². The van der Waals surface area contributed by atoms with Gasteiger partial charge in [0.1, 0.15) is 5.76 Å². The molecule has 0 atom stereocenters. The Balaban J connectivity index is 2.39. The molecule has 1 aromatic heterocycles. The molecule has 0 saturated heterocycles. The van der Waals surface area contributed by atoms with Crippen molar-refractivity contribution in [3.63, 3.8) is 0 Å². The maximum absolute atomic E-state index is 12.1. The van der Waals surface area contributed by atoms with Gasteiger partial charge < -0.3 is 15.2 Å². The van der Waals surface area contributed by atoms with E-state index in [1.54, 1.807) is 0 Å². The van der Waals surface area contributed by atoms with Crippen molar-refractivity contribution in [3.8, 4) is 0 Å². The third kappa shape index (κ3) is 6.82. The summed E-state index contributed by atoms with van der Waals surface area (Å²) < 4.78 is 41.4. The lowest BCUT2D eigenvalue weighted by Gasteiger charge is -2.12. The number of aryl methyl sites for hydroxylation is 2. The Morgan fingerprint density at radius 2 is 2.00 bits per heavy atom. The maximum Gasteiger partial charge on any atom is 0.390 e. The summed E-state index contributed by atoms with van der Waals surface area (Å²) in [6, 6.07) is 0. The number of hydrogen-bond donors (Lipinski definition) is 2. The number of aliphatic imine (C=N–C) groups is 1. The van der Waals surface area contributed by atoms with Gasteiger partial charge in [0.25, 0.3) is 0 Å². The first-order chi connectivity index (χ1) is 10.3. The minimum absolute atomic E-state index is 0.181. The van der Waals surface area contributed by atoms with Crippen molar-refractivity contribution in [2.45, 2.75) is 46.2 Å². The first-order valence-electron chi connectivity index (χ1n) is 7.34. The number of aromatic nitrogens is 1. The van der Waals surface area contributed by atoms with Gasteiger partial charge in [0, 0.05) is 25.2 Å². The second-order valence-corrected chi connectivity index (χ2v) is 4.96. The molecule has 22 heavy (non-hydrogen) atoms. The Hall–Kier alpha value is -1.73. The molecule has 0 aliphatic carbocycles. The number of alkyl halides is 3. The van der Waals surface area contributed by atoms with Crippen LogP contribution < -0.4 is 10.6 Å². The third-order valence-corrected chi connectivity index (χ3v) is 3.08. The summed E-state index contributed by atoms with van der Waals surface area (Å²) in [5, 5.41) is 9.49. The Kier molecular flexibility index (Phi) is 7.20. The molecule has 8 heteroatoms. The zero-order chi connectivity index (χ0) is 16.6. The molecule has 0 unspecified atom stereocenters. The number of hydrogen-bond acceptors (Lipinski definition) is 3. The molecule has 0 aliphatic rings. The molecular weight excluding hydrogens is 297 g/mol. The van der Waals surface area contributed by atoms with Crippen LogP contribution in [-0.4, -0.2) is 36.9 Å². The van der Waals surface area contributed by atoms with Crippen LogP contribution in [-0.2, 0) is 6.42 Å². The zero-order valence-electron chi connectivity index (χ0n) is 13.2. The molecule has 0 fully saturated rings. The van der Waals surface area contributed by atoms with Crippen molar-refractivity contribution in [1.82, 2.24) is 15.8 Å². The molecule has 0 aromatic carbocycles. The highest BCUT2D eigenvalue weighted by molar-refractivity contribution is 5.79. The molecule has 2 N–H and O–H groups in total. The van der Waals surface area contributed by atoms with E-state index in [0.29, 0.717) is 19.0 Å². The topological polar surface area (TPSA) is 62.5 Å². The van der Waals surface area contributed by atoms with Crippen LogP contribution in [0.3, 0.4) is 0 Å². The highest BCUT2D eigenvalue weighted by Gasteiger charge is 2.26. The average molecular weight is 320 g/mol. The summed E-state index contributed by atoms with van der Waals surface area (Å²) in [4.78, 5) is 4.27. The fourth-order valence-corrected chi connectivity index (χ4v) is 1.97. The van der Waals surface area contributed by atoms with Gasteiger partial charge in [-0.2, -0.15) is 13.2 Å². The van der Waals surface area contributed by atoms with Crippen molar-refractivity contribution in [2.75, 3.05) is 19.6 Å². The van der Waals surface area contributed by atoms with Gasteiger partial charge in [-0.25, -0.2) is 0 Å². The molecule has 0 saturated carbocycles. The van der Waals surface area contributed by atoms with E-state index in [-0.39, 0.29) is 6.54 Å². The zero-order valence-corrected chi connectivity index (χ0v) is 13.2. The van der Waals surface area contributed by atoms with Crippen molar-refractivity contribution < 1.29 is 17.7 Å². The van der Waals surface area contributed by atoms with Crippen LogP contribution in [0.25, 0.3) is 0 Å². The highest BCUT2D eigenvalue weighted by atomic mass is 19.4. The second kappa shape index (κ2) is 8.65. The number of guanidine groups is 1. The molecule has 0 spiro atoms. The number of nitrogens with zero attached hydrogens (tertiary/aromatic N) is 2. The van der Waals surface area contributed by atoms with Gasteiger partial charge in [-0.15, -0.1) is 0 Å². The van der Waals surface area contributed by atoms with Crippen molar-refractivity contribution >= 4 is 5.96 Å². The lowest BCUT2D eigenvalue weighted by Crippen LogP contribution is -2.39. The van der Waals surface area contributed by atoms with Crippen LogP contribution in [0.15, 0.2) is 9.52 Å². The minimum atomic E-state index is -4.16. The monoisotopic (exact) mass is 320 g/mol. The number of rotatable bonds is 7. The van der Waals surface area contributed by atoms with E-state index in [1.807, 2.05) is 20.8 Å². The van der Waals surface area contributed by atoms with Crippen LogP contribution in [0.2, 0.25) is 0 Å². The molecule has 126 valence electrons. The van der Waals surface area contributed by atoms with Gasteiger partial charge in [-0.1, -0.05) is 5.16 Å². The largest absolute Gasteiger partial charge is 0.390 e. The van der Waals surface area contributed by atoms with Crippen LogP contribution >= 0.6 is 0 Å². The van der Waals surface area contributed by atoms with E-state index >= 15 is 0 Å². The smallest absolute Gasteiger partial charge is 0.361 e. The summed E-state index contributed by atoms with van der Waals surface area (Å²) in [6.45, 7) is 6.55. The Morgan fingerprint density at radius 3 is 2.55 bits per heavy atom. The molecule has 1 aromatic rings. The first kappa shape index (κ1) is 18.3. The summed E-state index contributed by atoms with van der Waals surface area (Å²) in [7, 11) is 0. The van der Waals surface area contributed by atoms with Crippen LogP contribution in [0.5, 0.6) is 0 Å². The van der Waals surface area contributed by atoms with Crippen molar-refractivity contribution in [1.29, 1.82) is 0 Å². The van der Waals surface area contributed by atoms with Gasteiger partial charge >= 0.3 is 6.18 Å². The number of nitrogens with one attached hydrogen (secondary N) is 2. The predicted molar refractivity (Wildman–Crippen MR) is 79.0 cm³/mol. The van der Waals surface area contributed by atoms with E-state index < -0.39 is 12.6 Å². The molecule has 0 amide bonds. The van der Waals surface area contributed by atoms with Gasteiger partial charge in [-0.3, -0.25) is 4.99 Å². The van der Waals surface area contributed by atoms with E-state index in [0.717, 1.165) is 29.9 Å². The van der Waals surface area contributed by atoms with Crippen LogP contribution in [0, 0.1) is 13.8 Å². The average Bonchev–Trinajstić information content (AvgIpc) is 2.73. The van der Waals surface area contributed by atoms with E-state index in [1.165, 1.54) is 0 Å². The summed E-state index contributed by atoms with van der Waals surface area (Å²) in [6.07, 6.45) is -3.48. The van der Waals surface area contributed by atoms with Crippen molar-refractivity contribution in [3.05, 3.63) is 17.0 Å². The van der Waals surface area contributed by atoms with E-state index in [9.17, 15) is 13.2 Å². The molecule has 0 radical (unpaired) electrons. The maximum atomic E-state index is 12.1. The Bertz CT molecular complexity index is 463. The lowest BCUT2D eigenvalue weighted by molar-refractivity contribution is -0.132. The SMILES string of the molecule is CCNC(=NCCCc1c(C)noc1C)NCCC(F)(F)F. The fourth-order valence-electron chi connectivity index (χ4n) is 1.97. The van der Waals surface area contributed by atoms with Crippen LogP contribution in [0.1, 0.15) is 36.8 Å². The molecule has 0 aliphatic heterocycles. The van der Waals surface area contributed by atoms with Crippen molar-refractivity contribution in [2.24, 2.45) is 4.99 Å². The van der Waals surface area contributed by atoms with E-state index in [4.69, 9.17) is 4.52 Å². The van der Waals surface area contributed by atoms with Gasteiger partial charge in [0.2, 0.25) is 0 Å². The first-order valence-corrected chi connectivity index (χ1v) is 7.34. The fraction of sp³-hybridized carbons (Fsp3) is 0.714. The standard InChI is InChI=1S/C14H23F3N4O/c1-4-18-13(20-9-7-14(15,16)17)19-8-5-6-12-10(2)21-22-11(12)3/h4-9H2,1-3H3,(H2,18,19,20). The molecule has 1 heterocycles. The Labute approximate surface area is 128 Å². The normalized spacial score (nSPS) is 12.5. The minimum Gasteiger partial charge on any atom is -0.361 e. The number of halogens is 3.